The van der Waals surface area contributed by atoms with Crippen LogP contribution in [-0.2, 0) is 6.54 Å². The van der Waals surface area contributed by atoms with Gasteiger partial charge in [0.1, 0.15) is 0 Å². The summed E-state index contributed by atoms with van der Waals surface area (Å²) in [4.78, 5) is 1.19. The summed E-state index contributed by atoms with van der Waals surface area (Å²) in [7, 11) is 0. The zero-order valence-corrected chi connectivity index (χ0v) is 13.5. The molecule has 2 aromatic rings. The van der Waals surface area contributed by atoms with Crippen molar-refractivity contribution >= 4 is 11.3 Å². The third-order valence-electron chi connectivity index (χ3n) is 3.06. The zero-order chi connectivity index (χ0) is 15.1. The van der Waals surface area contributed by atoms with Crippen molar-refractivity contribution in [1.29, 1.82) is 0 Å². The third kappa shape index (κ3) is 4.22. The van der Waals surface area contributed by atoms with Crippen LogP contribution in [0.4, 0.5) is 0 Å². The summed E-state index contributed by atoms with van der Waals surface area (Å²) >= 11 is 1.69. The van der Waals surface area contributed by atoms with Crippen molar-refractivity contribution in [3.8, 4) is 22.6 Å². The van der Waals surface area contributed by atoms with Crippen LogP contribution in [0.2, 0.25) is 0 Å². The van der Waals surface area contributed by atoms with E-state index in [0.29, 0.717) is 19.8 Å². The summed E-state index contributed by atoms with van der Waals surface area (Å²) in [5.41, 5.74) is 8.01. The molecule has 0 unspecified atom stereocenters. The van der Waals surface area contributed by atoms with Crippen molar-refractivity contribution in [2.45, 2.75) is 33.2 Å². The molecule has 0 saturated carbocycles. The second-order valence-electron chi connectivity index (χ2n) is 4.86. The molecule has 3 nitrogen and oxygen atoms in total. The van der Waals surface area contributed by atoms with E-state index in [1.807, 2.05) is 6.07 Å². The largest absolute Gasteiger partial charge is 0.490 e. The minimum Gasteiger partial charge on any atom is -0.490 e. The molecule has 0 bridgehead atoms. The Morgan fingerprint density at radius 2 is 1.67 bits per heavy atom. The topological polar surface area (TPSA) is 44.5 Å². The van der Waals surface area contributed by atoms with E-state index in [0.717, 1.165) is 29.9 Å². The van der Waals surface area contributed by atoms with Crippen LogP contribution in [0, 0.1) is 0 Å². The van der Waals surface area contributed by atoms with Crippen LogP contribution in [0.25, 0.3) is 11.1 Å². The summed E-state index contributed by atoms with van der Waals surface area (Å²) in [6.07, 6.45) is 1.96. The molecule has 2 N–H and O–H groups in total. The maximum atomic E-state index is 5.83. The summed E-state index contributed by atoms with van der Waals surface area (Å²) in [5.74, 6) is 1.65. The molecule has 0 aliphatic rings. The lowest BCUT2D eigenvalue weighted by Crippen LogP contribution is -2.01. The molecule has 0 radical (unpaired) electrons. The van der Waals surface area contributed by atoms with E-state index in [4.69, 9.17) is 15.2 Å². The van der Waals surface area contributed by atoms with E-state index in [-0.39, 0.29) is 0 Å². The lowest BCUT2D eigenvalue weighted by Gasteiger charge is -2.13. The first-order chi connectivity index (χ1) is 10.3. The fraction of sp³-hybridized carbons (Fsp3) is 0.412. The summed E-state index contributed by atoms with van der Waals surface area (Å²) in [6.45, 7) is 6.19. The van der Waals surface area contributed by atoms with Crippen molar-refractivity contribution in [3.05, 3.63) is 34.5 Å². The standard InChI is InChI=1S/C17H23NO2S/c1-3-7-19-16-6-5-13(10-17(16)20-8-4-2)14-9-15(11-18)21-12-14/h5-6,9-10,12H,3-4,7-8,11,18H2,1-2H3. The minimum absolute atomic E-state index is 0.585. The molecule has 0 saturated heterocycles. The van der Waals surface area contributed by atoms with Gasteiger partial charge in [0.15, 0.2) is 11.5 Å². The van der Waals surface area contributed by atoms with E-state index in [1.54, 1.807) is 11.3 Å². The fourth-order valence-electron chi connectivity index (χ4n) is 1.98. The predicted molar refractivity (Wildman–Crippen MR) is 89.2 cm³/mol. The van der Waals surface area contributed by atoms with E-state index < -0.39 is 0 Å². The number of thiophene rings is 1. The molecule has 0 aliphatic heterocycles. The van der Waals surface area contributed by atoms with E-state index in [1.165, 1.54) is 10.4 Å². The Kier molecular flexibility index (Phi) is 6.08. The lowest BCUT2D eigenvalue weighted by atomic mass is 10.1. The molecule has 0 amide bonds. The number of hydrogen-bond acceptors (Lipinski definition) is 4. The lowest BCUT2D eigenvalue weighted by molar-refractivity contribution is 0.268. The van der Waals surface area contributed by atoms with Gasteiger partial charge in [-0.1, -0.05) is 19.9 Å². The maximum absolute atomic E-state index is 5.83. The van der Waals surface area contributed by atoms with Crippen LogP contribution in [-0.4, -0.2) is 13.2 Å². The van der Waals surface area contributed by atoms with Gasteiger partial charge < -0.3 is 15.2 Å². The molecule has 4 heteroatoms. The van der Waals surface area contributed by atoms with Crippen molar-refractivity contribution in [2.75, 3.05) is 13.2 Å². The van der Waals surface area contributed by atoms with Gasteiger partial charge >= 0.3 is 0 Å². The SMILES string of the molecule is CCCOc1ccc(-c2csc(CN)c2)cc1OCCC. The van der Waals surface area contributed by atoms with Crippen LogP contribution >= 0.6 is 11.3 Å². The molecule has 0 atom stereocenters. The smallest absolute Gasteiger partial charge is 0.161 e. The first-order valence-corrected chi connectivity index (χ1v) is 8.34. The van der Waals surface area contributed by atoms with Crippen LogP contribution in [0.3, 0.4) is 0 Å². The number of rotatable bonds is 8. The predicted octanol–water partition coefficient (Wildman–Crippen LogP) is 4.45. The Labute approximate surface area is 130 Å². The number of hydrogen-bond donors (Lipinski definition) is 1. The van der Waals surface area contributed by atoms with E-state index >= 15 is 0 Å². The van der Waals surface area contributed by atoms with Gasteiger partial charge in [-0.3, -0.25) is 0 Å². The number of nitrogens with two attached hydrogens (primary N) is 1. The van der Waals surface area contributed by atoms with Gasteiger partial charge in [-0.15, -0.1) is 11.3 Å². The van der Waals surface area contributed by atoms with Gasteiger partial charge in [-0.2, -0.15) is 0 Å². The molecule has 1 heterocycles. The van der Waals surface area contributed by atoms with Gasteiger partial charge in [-0.25, -0.2) is 0 Å². The molecular formula is C17H23NO2S. The van der Waals surface area contributed by atoms with Crippen LogP contribution in [0.15, 0.2) is 29.6 Å². The van der Waals surface area contributed by atoms with Crippen molar-refractivity contribution < 1.29 is 9.47 Å². The quantitative estimate of drug-likeness (QED) is 0.783. The Morgan fingerprint density at radius 3 is 2.29 bits per heavy atom. The number of benzene rings is 1. The molecule has 114 valence electrons. The highest BCUT2D eigenvalue weighted by Gasteiger charge is 2.09. The Morgan fingerprint density at radius 1 is 0.952 bits per heavy atom. The fourth-order valence-corrected chi connectivity index (χ4v) is 2.76. The van der Waals surface area contributed by atoms with Gasteiger partial charge in [0.25, 0.3) is 0 Å². The highest BCUT2D eigenvalue weighted by atomic mass is 32.1. The molecule has 0 spiro atoms. The molecule has 1 aromatic carbocycles. The first kappa shape index (κ1) is 15.9. The zero-order valence-electron chi connectivity index (χ0n) is 12.7. The molecule has 1 aromatic heterocycles. The van der Waals surface area contributed by atoms with Crippen molar-refractivity contribution in [2.24, 2.45) is 5.73 Å². The minimum atomic E-state index is 0.585. The summed E-state index contributed by atoms with van der Waals surface area (Å²) < 4.78 is 11.6. The third-order valence-corrected chi connectivity index (χ3v) is 4.01. The molecular weight excluding hydrogens is 282 g/mol. The van der Waals surface area contributed by atoms with E-state index in [2.05, 4.69) is 37.4 Å². The Balaban J connectivity index is 2.26. The average molecular weight is 305 g/mol. The normalized spacial score (nSPS) is 10.6. The average Bonchev–Trinajstić information content (AvgIpc) is 3.00. The molecule has 0 aliphatic carbocycles. The highest BCUT2D eigenvalue weighted by molar-refractivity contribution is 7.10. The van der Waals surface area contributed by atoms with E-state index in [9.17, 15) is 0 Å². The monoisotopic (exact) mass is 305 g/mol. The number of ether oxygens (including phenoxy) is 2. The molecule has 21 heavy (non-hydrogen) atoms. The van der Waals surface area contributed by atoms with Crippen LogP contribution in [0.5, 0.6) is 11.5 Å². The van der Waals surface area contributed by atoms with Crippen molar-refractivity contribution in [3.63, 3.8) is 0 Å². The van der Waals surface area contributed by atoms with Gasteiger partial charge in [-0.05, 0) is 47.5 Å². The van der Waals surface area contributed by atoms with Crippen molar-refractivity contribution in [1.82, 2.24) is 0 Å². The summed E-state index contributed by atoms with van der Waals surface area (Å²) in [6, 6.07) is 8.26. The summed E-state index contributed by atoms with van der Waals surface area (Å²) in [5, 5.41) is 2.13. The highest BCUT2D eigenvalue weighted by Crippen LogP contribution is 2.34. The van der Waals surface area contributed by atoms with Crippen LogP contribution in [0.1, 0.15) is 31.6 Å². The van der Waals surface area contributed by atoms with Gasteiger partial charge in [0, 0.05) is 11.4 Å². The van der Waals surface area contributed by atoms with Crippen LogP contribution < -0.4 is 15.2 Å². The second kappa shape index (κ2) is 8.05. The maximum Gasteiger partial charge on any atom is 0.161 e. The van der Waals surface area contributed by atoms with Gasteiger partial charge in [0.05, 0.1) is 13.2 Å². The second-order valence-corrected chi connectivity index (χ2v) is 5.86. The van der Waals surface area contributed by atoms with Gasteiger partial charge in [0.2, 0.25) is 0 Å². The molecule has 0 fully saturated rings. The molecule has 2 rings (SSSR count). The Hall–Kier alpha value is -1.52. The first-order valence-electron chi connectivity index (χ1n) is 7.46. The Bertz CT molecular complexity index is 566.